The van der Waals surface area contributed by atoms with Crippen LogP contribution in [0, 0.1) is 0 Å². The highest BCUT2D eigenvalue weighted by Gasteiger charge is 2.33. The zero-order valence-corrected chi connectivity index (χ0v) is 11.9. The third-order valence-electron chi connectivity index (χ3n) is 3.79. The van der Waals surface area contributed by atoms with Gasteiger partial charge in [-0.05, 0) is 11.1 Å². The van der Waals surface area contributed by atoms with Gasteiger partial charge in [-0.2, -0.15) is 0 Å². The van der Waals surface area contributed by atoms with Crippen LogP contribution < -0.4 is 0 Å². The number of hydrogen-bond acceptors (Lipinski definition) is 4. The van der Waals surface area contributed by atoms with Gasteiger partial charge < -0.3 is 10.2 Å². The smallest absolute Gasteiger partial charge is 0.124 e. The van der Waals surface area contributed by atoms with Crippen molar-refractivity contribution in [2.45, 2.75) is 12.2 Å². The highest BCUT2D eigenvalue weighted by Crippen LogP contribution is 2.44. The van der Waals surface area contributed by atoms with E-state index in [1.54, 1.807) is 0 Å². The molecule has 0 radical (unpaired) electrons. The maximum Gasteiger partial charge on any atom is 0.124 e. The van der Waals surface area contributed by atoms with Crippen molar-refractivity contribution in [1.29, 1.82) is 0 Å². The zero-order valence-electron chi connectivity index (χ0n) is 11.1. The lowest BCUT2D eigenvalue weighted by atomic mass is 9.89. The molecule has 0 saturated carbocycles. The van der Waals surface area contributed by atoms with E-state index in [9.17, 15) is 10.2 Å². The standard InChI is InChI=1S/C17H13NO2S/c19-14-11-8-4-5-9-12(11)15(20)16-13(14)18-17(21-16)10-6-2-1-3-7-10/h1-9,14-15,19-20H. The number of nitrogens with zero attached hydrogens (tertiary/aromatic N) is 1. The van der Waals surface area contributed by atoms with E-state index < -0.39 is 12.2 Å². The van der Waals surface area contributed by atoms with Gasteiger partial charge in [0.1, 0.15) is 17.2 Å². The molecule has 0 amide bonds. The molecule has 21 heavy (non-hydrogen) atoms. The summed E-state index contributed by atoms with van der Waals surface area (Å²) in [6.07, 6.45) is -1.48. The summed E-state index contributed by atoms with van der Waals surface area (Å²) in [5.74, 6) is 0. The topological polar surface area (TPSA) is 53.4 Å². The molecule has 4 rings (SSSR count). The predicted octanol–water partition coefficient (Wildman–Crippen LogP) is 3.29. The molecule has 0 bridgehead atoms. The Morgan fingerprint density at radius 2 is 1.43 bits per heavy atom. The number of hydrogen-bond donors (Lipinski definition) is 2. The van der Waals surface area contributed by atoms with Crippen molar-refractivity contribution in [3.05, 3.63) is 76.3 Å². The average molecular weight is 295 g/mol. The number of rotatable bonds is 1. The predicted molar refractivity (Wildman–Crippen MR) is 82.1 cm³/mol. The van der Waals surface area contributed by atoms with Crippen LogP contribution in [0.2, 0.25) is 0 Å². The summed E-state index contributed by atoms with van der Waals surface area (Å²) in [6, 6.07) is 17.3. The molecule has 2 unspecified atom stereocenters. The third-order valence-corrected chi connectivity index (χ3v) is 4.97. The normalized spacial score (nSPS) is 19.9. The number of benzene rings is 2. The molecule has 0 saturated heterocycles. The van der Waals surface area contributed by atoms with E-state index in [4.69, 9.17) is 0 Å². The Bertz CT molecular complexity index is 751. The number of fused-ring (bicyclic) bond motifs is 2. The first-order valence-corrected chi connectivity index (χ1v) is 7.58. The van der Waals surface area contributed by atoms with Gasteiger partial charge in [0.2, 0.25) is 0 Å². The van der Waals surface area contributed by atoms with Crippen LogP contribution in [0.1, 0.15) is 33.9 Å². The van der Waals surface area contributed by atoms with Gasteiger partial charge in [0.25, 0.3) is 0 Å². The fourth-order valence-corrected chi connectivity index (χ4v) is 3.84. The minimum atomic E-state index is -0.770. The molecule has 1 heterocycles. The van der Waals surface area contributed by atoms with E-state index in [1.165, 1.54) is 11.3 Å². The van der Waals surface area contributed by atoms with Gasteiger partial charge in [0.05, 0.1) is 10.6 Å². The summed E-state index contributed by atoms with van der Waals surface area (Å²) in [6.45, 7) is 0. The number of aliphatic hydroxyl groups excluding tert-OH is 2. The molecule has 0 spiro atoms. The lowest BCUT2D eigenvalue weighted by Crippen LogP contribution is -2.16. The Labute approximate surface area is 126 Å². The number of aliphatic hydroxyl groups is 2. The van der Waals surface area contributed by atoms with E-state index in [-0.39, 0.29) is 0 Å². The van der Waals surface area contributed by atoms with Crippen LogP contribution in [0.3, 0.4) is 0 Å². The molecule has 1 aromatic heterocycles. The molecule has 1 aliphatic rings. The molecule has 2 aromatic carbocycles. The van der Waals surface area contributed by atoms with Gasteiger partial charge in [0, 0.05) is 5.56 Å². The Kier molecular flexibility index (Phi) is 2.89. The van der Waals surface area contributed by atoms with E-state index in [0.717, 1.165) is 26.6 Å². The van der Waals surface area contributed by atoms with Crippen LogP contribution in [-0.4, -0.2) is 15.2 Å². The van der Waals surface area contributed by atoms with Crippen molar-refractivity contribution >= 4 is 11.3 Å². The molecular formula is C17H13NO2S. The molecule has 4 heteroatoms. The second-order valence-electron chi connectivity index (χ2n) is 5.07. The molecule has 2 N–H and O–H groups in total. The zero-order chi connectivity index (χ0) is 14.4. The first-order chi connectivity index (χ1) is 10.3. The summed E-state index contributed by atoms with van der Waals surface area (Å²) < 4.78 is 0. The Hall–Kier alpha value is -2.01. The van der Waals surface area contributed by atoms with E-state index in [1.807, 2.05) is 54.6 Å². The average Bonchev–Trinajstić information content (AvgIpc) is 2.99. The minimum Gasteiger partial charge on any atom is -0.383 e. The van der Waals surface area contributed by atoms with Gasteiger partial charge >= 0.3 is 0 Å². The van der Waals surface area contributed by atoms with Crippen LogP contribution in [0.4, 0.5) is 0 Å². The molecule has 104 valence electrons. The van der Waals surface area contributed by atoms with Gasteiger partial charge in [0.15, 0.2) is 0 Å². The number of thiazole rings is 1. The summed E-state index contributed by atoms with van der Waals surface area (Å²) in [5, 5.41) is 21.9. The van der Waals surface area contributed by atoms with Crippen LogP contribution in [0.15, 0.2) is 54.6 Å². The molecule has 3 nitrogen and oxygen atoms in total. The van der Waals surface area contributed by atoms with Crippen LogP contribution >= 0.6 is 11.3 Å². The fraction of sp³-hybridized carbons (Fsp3) is 0.118. The third kappa shape index (κ3) is 1.92. The molecule has 2 atom stereocenters. The summed E-state index contributed by atoms with van der Waals surface area (Å²) in [7, 11) is 0. The molecule has 0 aliphatic heterocycles. The SMILES string of the molecule is OC1c2ccccc2C(O)c2sc(-c3ccccc3)nc21. The first-order valence-electron chi connectivity index (χ1n) is 6.76. The number of aromatic nitrogens is 1. The van der Waals surface area contributed by atoms with Gasteiger partial charge in [-0.1, -0.05) is 54.6 Å². The summed E-state index contributed by atoms with van der Waals surface area (Å²) in [4.78, 5) is 5.30. The largest absolute Gasteiger partial charge is 0.383 e. The minimum absolute atomic E-state index is 0.574. The van der Waals surface area contributed by atoms with Crippen LogP contribution in [-0.2, 0) is 0 Å². The summed E-state index contributed by atoms with van der Waals surface area (Å²) >= 11 is 1.44. The summed E-state index contributed by atoms with van der Waals surface area (Å²) in [5.41, 5.74) is 3.08. The Morgan fingerprint density at radius 1 is 0.810 bits per heavy atom. The molecule has 0 fully saturated rings. The maximum absolute atomic E-state index is 10.6. The van der Waals surface area contributed by atoms with Gasteiger partial charge in [-0.3, -0.25) is 0 Å². The lowest BCUT2D eigenvalue weighted by molar-refractivity contribution is 0.173. The van der Waals surface area contributed by atoms with Crippen molar-refractivity contribution in [2.24, 2.45) is 0 Å². The van der Waals surface area contributed by atoms with Gasteiger partial charge in [-0.25, -0.2) is 4.98 Å². The van der Waals surface area contributed by atoms with Crippen LogP contribution in [0.25, 0.3) is 10.6 Å². The maximum atomic E-state index is 10.6. The monoisotopic (exact) mass is 295 g/mol. The van der Waals surface area contributed by atoms with Crippen molar-refractivity contribution in [3.63, 3.8) is 0 Å². The van der Waals surface area contributed by atoms with Crippen LogP contribution in [0.5, 0.6) is 0 Å². The van der Waals surface area contributed by atoms with Crippen molar-refractivity contribution in [3.8, 4) is 10.6 Å². The van der Waals surface area contributed by atoms with E-state index >= 15 is 0 Å². The molecular weight excluding hydrogens is 282 g/mol. The van der Waals surface area contributed by atoms with Gasteiger partial charge in [-0.15, -0.1) is 11.3 Å². The van der Waals surface area contributed by atoms with Crippen molar-refractivity contribution < 1.29 is 10.2 Å². The second-order valence-corrected chi connectivity index (χ2v) is 6.10. The fourth-order valence-electron chi connectivity index (χ4n) is 2.74. The lowest BCUT2D eigenvalue weighted by Gasteiger charge is -2.24. The first kappa shape index (κ1) is 12.7. The van der Waals surface area contributed by atoms with E-state index in [2.05, 4.69) is 4.98 Å². The van der Waals surface area contributed by atoms with Crippen molar-refractivity contribution in [2.75, 3.05) is 0 Å². The molecule has 3 aromatic rings. The van der Waals surface area contributed by atoms with Crippen molar-refractivity contribution in [1.82, 2.24) is 4.98 Å². The van der Waals surface area contributed by atoms with E-state index in [0.29, 0.717) is 5.69 Å². The molecule has 1 aliphatic carbocycles. The second kappa shape index (κ2) is 4.77. The quantitative estimate of drug-likeness (QED) is 0.724. The highest BCUT2D eigenvalue weighted by atomic mass is 32.1. The highest BCUT2D eigenvalue weighted by molar-refractivity contribution is 7.15. The Balaban J connectivity index is 1.87. The Morgan fingerprint density at radius 3 is 2.14 bits per heavy atom.